The number of halogens is 1. The first kappa shape index (κ1) is 15.9. The van der Waals surface area contributed by atoms with Crippen LogP contribution in [-0.4, -0.2) is 28.6 Å². The number of hydrogen-bond donors (Lipinski definition) is 0. The number of tetrazole rings is 1. The van der Waals surface area contributed by atoms with Crippen molar-refractivity contribution in [2.24, 2.45) is 0 Å². The van der Waals surface area contributed by atoms with Gasteiger partial charge in [0.05, 0.1) is 16.3 Å². The third-order valence-corrected chi connectivity index (χ3v) is 4.56. The van der Waals surface area contributed by atoms with E-state index in [2.05, 4.69) is 15.5 Å². The lowest BCUT2D eigenvalue weighted by atomic mass is 10.2. The Kier molecular flexibility index (Phi) is 4.16. The molecule has 0 atom stereocenters. The van der Waals surface area contributed by atoms with Crippen LogP contribution in [0, 0.1) is 11.3 Å². The average molecular weight is 362 g/mol. The third-order valence-electron chi connectivity index (χ3n) is 3.01. The van der Waals surface area contributed by atoms with E-state index in [0.717, 1.165) is 0 Å². The van der Waals surface area contributed by atoms with Crippen molar-refractivity contribution in [2.75, 3.05) is 0 Å². The molecule has 0 radical (unpaired) electrons. The number of rotatable bonds is 4. The number of nitriles is 1. The van der Waals surface area contributed by atoms with Gasteiger partial charge in [-0.05, 0) is 52.9 Å². The smallest absolute Gasteiger partial charge is 0.339 e. The highest BCUT2D eigenvalue weighted by Crippen LogP contribution is 2.24. The second-order valence-corrected chi connectivity index (χ2v) is 6.49. The highest BCUT2D eigenvalue weighted by Gasteiger charge is 2.18. The standard InChI is InChI=1S/C14H8ClN5O3S/c15-14-7-13(6-1-10(14)8-16)24(21,22)23-12-4-2-11(3-5-12)20-9-17-18-19-20/h1-7,9H. The van der Waals surface area contributed by atoms with Crippen molar-refractivity contribution in [3.05, 3.63) is 59.4 Å². The summed E-state index contributed by atoms with van der Waals surface area (Å²) in [5.41, 5.74) is 0.826. The average Bonchev–Trinajstić information content (AvgIpc) is 3.09. The van der Waals surface area contributed by atoms with Crippen molar-refractivity contribution in [1.29, 1.82) is 5.26 Å². The maximum Gasteiger partial charge on any atom is 0.339 e. The predicted molar refractivity (Wildman–Crippen MR) is 83.1 cm³/mol. The summed E-state index contributed by atoms with van der Waals surface area (Å²) >= 11 is 5.85. The number of hydrogen-bond acceptors (Lipinski definition) is 7. The van der Waals surface area contributed by atoms with Gasteiger partial charge in [-0.15, -0.1) is 5.10 Å². The Morgan fingerprint density at radius 1 is 1.17 bits per heavy atom. The van der Waals surface area contributed by atoms with E-state index in [4.69, 9.17) is 21.0 Å². The molecule has 0 aliphatic rings. The quantitative estimate of drug-likeness (QED) is 0.653. The Morgan fingerprint density at radius 2 is 1.92 bits per heavy atom. The second kappa shape index (κ2) is 6.27. The van der Waals surface area contributed by atoms with Gasteiger partial charge in [0, 0.05) is 0 Å². The van der Waals surface area contributed by atoms with Crippen LogP contribution in [0.4, 0.5) is 0 Å². The van der Waals surface area contributed by atoms with Crippen molar-refractivity contribution in [3.63, 3.8) is 0 Å². The summed E-state index contributed by atoms with van der Waals surface area (Å²) in [5, 5.41) is 19.6. The lowest BCUT2D eigenvalue weighted by Gasteiger charge is -2.08. The van der Waals surface area contributed by atoms with E-state index in [9.17, 15) is 8.42 Å². The number of nitrogens with zero attached hydrogens (tertiary/aromatic N) is 5. The fourth-order valence-corrected chi connectivity index (χ4v) is 3.10. The molecule has 0 aliphatic carbocycles. The van der Waals surface area contributed by atoms with Crippen LogP contribution in [0.2, 0.25) is 5.02 Å². The zero-order valence-electron chi connectivity index (χ0n) is 11.9. The lowest BCUT2D eigenvalue weighted by Crippen LogP contribution is -2.10. The molecule has 8 nitrogen and oxygen atoms in total. The maximum atomic E-state index is 12.3. The Morgan fingerprint density at radius 3 is 2.50 bits per heavy atom. The molecule has 0 saturated carbocycles. The molecule has 1 heterocycles. The highest BCUT2D eigenvalue weighted by atomic mass is 35.5. The van der Waals surface area contributed by atoms with Crippen LogP contribution < -0.4 is 4.18 Å². The van der Waals surface area contributed by atoms with Crippen LogP contribution in [-0.2, 0) is 10.1 Å². The van der Waals surface area contributed by atoms with Gasteiger partial charge in [-0.1, -0.05) is 11.6 Å². The Balaban J connectivity index is 1.84. The minimum atomic E-state index is -4.07. The lowest BCUT2D eigenvalue weighted by molar-refractivity contribution is 0.486. The minimum absolute atomic E-state index is 0.0382. The SMILES string of the molecule is N#Cc1ccc(S(=O)(=O)Oc2ccc(-n3cnnn3)cc2)cc1Cl. The topological polar surface area (TPSA) is 111 Å². The summed E-state index contributed by atoms with van der Waals surface area (Å²) in [4.78, 5) is -0.143. The van der Waals surface area contributed by atoms with Crippen LogP contribution in [0.1, 0.15) is 5.56 Å². The first-order valence-corrected chi connectivity index (χ1v) is 8.26. The van der Waals surface area contributed by atoms with Crippen molar-refractivity contribution < 1.29 is 12.6 Å². The highest BCUT2D eigenvalue weighted by molar-refractivity contribution is 7.87. The molecule has 0 N–H and O–H groups in total. The fraction of sp³-hybridized carbons (Fsp3) is 0. The van der Waals surface area contributed by atoms with Crippen LogP contribution in [0.25, 0.3) is 5.69 Å². The summed E-state index contributed by atoms with van der Waals surface area (Å²) in [6, 6.07) is 11.8. The molecule has 0 spiro atoms. The van der Waals surface area contributed by atoms with E-state index >= 15 is 0 Å². The first-order chi connectivity index (χ1) is 11.5. The van der Waals surface area contributed by atoms with Crippen LogP contribution in [0.5, 0.6) is 5.75 Å². The van der Waals surface area contributed by atoms with Gasteiger partial charge in [0.1, 0.15) is 23.0 Å². The van der Waals surface area contributed by atoms with Gasteiger partial charge in [-0.25, -0.2) is 4.68 Å². The van der Waals surface area contributed by atoms with E-state index < -0.39 is 10.1 Å². The Labute approximate surface area is 142 Å². The van der Waals surface area contributed by atoms with E-state index in [-0.39, 0.29) is 21.2 Å². The molecular formula is C14H8ClN5O3S. The molecule has 2 aromatic carbocycles. The Bertz CT molecular complexity index is 1010. The van der Waals surface area contributed by atoms with Crippen molar-refractivity contribution >= 4 is 21.7 Å². The van der Waals surface area contributed by atoms with Gasteiger partial charge < -0.3 is 4.18 Å². The summed E-state index contributed by atoms with van der Waals surface area (Å²) in [7, 11) is -4.07. The third kappa shape index (κ3) is 3.19. The van der Waals surface area contributed by atoms with E-state index in [1.165, 1.54) is 41.3 Å². The van der Waals surface area contributed by atoms with E-state index in [0.29, 0.717) is 5.69 Å². The molecule has 0 aliphatic heterocycles. The molecule has 1 aromatic heterocycles. The van der Waals surface area contributed by atoms with Crippen LogP contribution >= 0.6 is 11.6 Å². The summed E-state index contributed by atoms with van der Waals surface area (Å²) in [6.07, 6.45) is 1.41. The molecule has 24 heavy (non-hydrogen) atoms. The largest absolute Gasteiger partial charge is 0.379 e. The minimum Gasteiger partial charge on any atom is -0.379 e. The van der Waals surface area contributed by atoms with Gasteiger partial charge >= 0.3 is 10.1 Å². The molecule has 0 fully saturated rings. The van der Waals surface area contributed by atoms with E-state index in [1.807, 2.05) is 6.07 Å². The zero-order valence-corrected chi connectivity index (χ0v) is 13.4. The molecule has 10 heteroatoms. The molecule has 0 bridgehead atoms. The number of benzene rings is 2. The summed E-state index contributed by atoms with van der Waals surface area (Å²) in [6.45, 7) is 0. The summed E-state index contributed by atoms with van der Waals surface area (Å²) in [5.74, 6) is 0.118. The van der Waals surface area contributed by atoms with Gasteiger partial charge in [0.15, 0.2) is 0 Å². The number of aromatic nitrogens is 4. The van der Waals surface area contributed by atoms with Crippen LogP contribution in [0.3, 0.4) is 0 Å². The molecule has 3 rings (SSSR count). The van der Waals surface area contributed by atoms with Crippen molar-refractivity contribution in [3.8, 4) is 17.5 Å². The van der Waals surface area contributed by atoms with Crippen molar-refractivity contribution in [1.82, 2.24) is 20.2 Å². The second-order valence-electron chi connectivity index (χ2n) is 4.54. The van der Waals surface area contributed by atoms with Gasteiger partial charge in [0.25, 0.3) is 0 Å². The van der Waals surface area contributed by atoms with Gasteiger partial charge in [0.2, 0.25) is 0 Å². The van der Waals surface area contributed by atoms with Gasteiger partial charge in [-0.2, -0.15) is 13.7 Å². The monoisotopic (exact) mass is 361 g/mol. The normalized spacial score (nSPS) is 11.0. The molecule has 0 amide bonds. The predicted octanol–water partition coefficient (Wildman–Crippen LogP) is 1.96. The van der Waals surface area contributed by atoms with Crippen LogP contribution in [0.15, 0.2) is 53.7 Å². The Hall–Kier alpha value is -2.96. The fourth-order valence-electron chi connectivity index (χ4n) is 1.85. The molecule has 0 unspecified atom stereocenters. The molecule has 120 valence electrons. The zero-order chi connectivity index (χ0) is 17.2. The van der Waals surface area contributed by atoms with E-state index in [1.54, 1.807) is 12.1 Å². The molecular weight excluding hydrogens is 354 g/mol. The molecule has 0 saturated heterocycles. The maximum absolute atomic E-state index is 12.3. The molecule has 3 aromatic rings. The van der Waals surface area contributed by atoms with Gasteiger partial charge in [-0.3, -0.25) is 0 Å². The van der Waals surface area contributed by atoms with Crippen molar-refractivity contribution in [2.45, 2.75) is 4.90 Å². The first-order valence-electron chi connectivity index (χ1n) is 6.47. The summed E-state index contributed by atoms with van der Waals surface area (Å²) < 4.78 is 31.0.